The van der Waals surface area contributed by atoms with Gasteiger partial charge in [0.1, 0.15) is 17.1 Å². The molecule has 0 N–H and O–H groups in total. The maximum absolute atomic E-state index is 14.9. The number of aromatic nitrogens is 1. The number of nitrogens with zero attached hydrogens (tertiary/aromatic N) is 2. The van der Waals surface area contributed by atoms with E-state index in [0.29, 0.717) is 47.4 Å². The van der Waals surface area contributed by atoms with Gasteiger partial charge in [-0.25, -0.2) is 4.39 Å². The normalized spacial score (nSPS) is 15.1. The van der Waals surface area contributed by atoms with Crippen molar-refractivity contribution in [2.45, 2.75) is 44.7 Å². The van der Waals surface area contributed by atoms with E-state index >= 15 is 0 Å². The van der Waals surface area contributed by atoms with Crippen LogP contribution in [0.4, 0.5) is 30.7 Å². The highest BCUT2D eigenvalue weighted by Crippen LogP contribution is 2.40. The summed E-state index contributed by atoms with van der Waals surface area (Å²) in [6.45, 7) is 1.10. The predicted octanol–water partition coefficient (Wildman–Crippen LogP) is 7.63. The Labute approximate surface area is 241 Å². The first-order chi connectivity index (χ1) is 20.1. The molecule has 0 saturated heterocycles. The van der Waals surface area contributed by atoms with Gasteiger partial charge < -0.3 is 14.2 Å². The van der Waals surface area contributed by atoms with Crippen LogP contribution in [0.2, 0.25) is 0 Å². The Morgan fingerprint density at radius 2 is 1.65 bits per heavy atom. The van der Waals surface area contributed by atoms with Crippen molar-refractivity contribution in [1.82, 2.24) is 9.47 Å². The molecule has 0 radical (unpaired) electrons. The number of carbonyl (C=O) groups excluding carboxylic acids is 1. The van der Waals surface area contributed by atoms with Crippen LogP contribution in [0.3, 0.4) is 0 Å². The van der Waals surface area contributed by atoms with Crippen LogP contribution in [0.5, 0.6) is 5.75 Å². The Bertz CT molecular complexity index is 1780. The lowest BCUT2D eigenvalue weighted by atomic mass is 9.89. The summed E-state index contributed by atoms with van der Waals surface area (Å²) in [4.78, 5) is 29.0. The summed E-state index contributed by atoms with van der Waals surface area (Å²) in [7, 11) is 2.59. The SMILES string of the molecule is COc1cccc(-c2c(C(=O)N(C)Cc3cc(C(F)(F)F)cc(C(F)(F)F)c3)c(=O)n3c4c(cc(F)cc24)CCC3C)c1. The van der Waals surface area contributed by atoms with Gasteiger partial charge in [0.05, 0.1) is 23.8 Å². The largest absolute Gasteiger partial charge is 0.497 e. The maximum atomic E-state index is 14.9. The van der Waals surface area contributed by atoms with Crippen LogP contribution in [0.25, 0.3) is 22.0 Å². The minimum atomic E-state index is -5.07. The molecule has 5 nitrogen and oxygen atoms in total. The zero-order valence-electron chi connectivity index (χ0n) is 23.2. The number of rotatable bonds is 5. The van der Waals surface area contributed by atoms with Crippen LogP contribution in [-0.4, -0.2) is 29.5 Å². The van der Waals surface area contributed by atoms with Gasteiger partial charge in [0.15, 0.2) is 0 Å². The average molecular weight is 607 g/mol. The molecule has 3 aromatic carbocycles. The van der Waals surface area contributed by atoms with E-state index in [0.717, 1.165) is 4.90 Å². The van der Waals surface area contributed by atoms with E-state index in [4.69, 9.17) is 4.74 Å². The third kappa shape index (κ3) is 5.57. The molecule has 0 fully saturated rings. The van der Waals surface area contributed by atoms with Gasteiger partial charge in [-0.15, -0.1) is 0 Å². The molecule has 12 heteroatoms. The first kappa shape index (κ1) is 30.1. The van der Waals surface area contributed by atoms with Crippen molar-refractivity contribution in [2.24, 2.45) is 0 Å². The highest BCUT2D eigenvalue weighted by atomic mass is 19.4. The predicted molar refractivity (Wildman–Crippen MR) is 145 cm³/mol. The Morgan fingerprint density at radius 3 is 2.26 bits per heavy atom. The molecule has 0 aliphatic carbocycles. The lowest BCUT2D eigenvalue weighted by Gasteiger charge is -2.29. The first-order valence-corrected chi connectivity index (χ1v) is 13.2. The number of pyridine rings is 1. The standard InChI is InChI=1S/C31H25F7N2O3/c1-16-7-8-19-11-22(32)14-24-25(18-5-4-6-23(12-18)43-3)26(29(42)40(16)27(19)24)28(41)39(2)15-17-9-20(30(33,34)35)13-21(10-17)31(36,37)38/h4-6,9-14,16H,7-8,15H2,1-3H3. The van der Waals surface area contributed by atoms with Gasteiger partial charge in [0.25, 0.3) is 11.5 Å². The fourth-order valence-electron chi connectivity index (χ4n) is 5.62. The first-order valence-electron chi connectivity index (χ1n) is 13.2. The molecule has 226 valence electrons. The number of aryl methyl sites for hydroxylation is 1. The van der Waals surface area contributed by atoms with Gasteiger partial charge in [-0.1, -0.05) is 12.1 Å². The van der Waals surface area contributed by atoms with Crippen molar-refractivity contribution in [1.29, 1.82) is 0 Å². The zero-order chi connectivity index (χ0) is 31.4. The molecule has 1 unspecified atom stereocenters. The Hall–Kier alpha value is -4.35. The summed E-state index contributed by atoms with van der Waals surface area (Å²) in [6.07, 6.45) is -9.18. The second-order valence-corrected chi connectivity index (χ2v) is 10.6. The lowest BCUT2D eigenvalue weighted by Crippen LogP contribution is -2.37. The lowest BCUT2D eigenvalue weighted by molar-refractivity contribution is -0.143. The van der Waals surface area contributed by atoms with Crippen molar-refractivity contribution in [3.63, 3.8) is 0 Å². The van der Waals surface area contributed by atoms with Crippen molar-refractivity contribution in [3.8, 4) is 16.9 Å². The molecule has 0 saturated carbocycles. The molecule has 1 aliphatic heterocycles. The van der Waals surface area contributed by atoms with E-state index in [2.05, 4.69) is 0 Å². The van der Waals surface area contributed by atoms with Crippen LogP contribution in [0.1, 0.15) is 52.0 Å². The van der Waals surface area contributed by atoms with Crippen LogP contribution < -0.4 is 10.3 Å². The van der Waals surface area contributed by atoms with Gasteiger partial charge in [-0.3, -0.25) is 9.59 Å². The molecule has 0 bridgehead atoms. The minimum absolute atomic E-state index is 0.000211. The number of carbonyl (C=O) groups is 1. The molecule has 1 amide bonds. The summed E-state index contributed by atoms with van der Waals surface area (Å²) in [6, 6.07) is 9.62. The highest BCUT2D eigenvalue weighted by Gasteiger charge is 2.37. The molecule has 2 heterocycles. The number of ether oxygens (including phenoxy) is 1. The van der Waals surface area contributed by atoms with E-state index < -0.39 is 58.4 Å². The van der Waals surface area contributed by atoms with E-state index in [1.807, 2.05) is 0 Å². The van der Waals surface area contributed by atoms with E-state index in [-0.39, 0.29) is 23.1 Å². The Balaban J connectivity index is 1.73. The number of alkyl halides is 6. The van der Waals surface area contributed by atoms with Gasteiger partial charge in [-0.2, -0.15) is 26.3 Å². The third-order valence-electron chi connectivity index (χ3n) is 7.60. The summed E-state index contributed by atoms with van der Waals surface area (Å²) < 4.78 is 102. The maximum Gasteiger partial charge on any atom is 0.416 e. The Morgan fingerprint density at radius 1 is 1.00 bits per heavy atom. The van der Waals surface area contributed by atoms with Gasteiger partial charge in [-0.05, 0) is 78.9 Å². The van der Waals surface area contributed by atoms with Gasteiger partial charge in [0, 0.05) is 30.6 Å². The third-order valence-corrected chi connectivity index (χ3v) is 7.60. The molecule has 1 aliphatic rings. The fourth-order valence-corrected chi connectivity index (χ4v) is 5.62. The molecule has 0 spiro atoms. The van der Waals surface area contributed by atoms with Crippen LogP contribution >= 0.6 is 0 Å². The highest BCUT2D eigenvalue weighted by molar-refractivity contribution is 6.09. The summed E-state index contributed by atoms with van der Waals surface area (Å²) >= 11 is 0. The monoisotopic (exact) mass is 606 g/mol. The summed E-state index contributed by atoms with van der Waals surface area (Å²) in [5.41, 5.74) is -3.14. The number of benzene rings is 3. The number of methoxy groups -OCH3 is 1. The number of halogens is 7. The van der Waals surface area contributed by atoms with Gasteiger partial charge >= 0.3 is 12.4 Å². The second kappa shape index (κ2) is 10.7. The quantitative estimate of drug-likeness (QED) is 0.220. The van der Waals surface area contributed by atoms with Crippen LogP contribution in [0.15, 0.2) is 59.4 Å². The molecular weight excluding hydrogens is 581 g/mol. The number of amides is 1. The molecule has 1 aromatic heterocycles. The minimum Gasteiger partial charge on any atom is -0.497 e. The topological polar surface area (TPSA) is 51.5 Å². The van der Waals surface area contributed by atoms with Crippen molar-refractivity contribution < 1.29 is 40.3 Å². The second-order valence-electron chi connectivity index (χ2n) is 10.6. The van der Waals surface area contributed by atoms with Crippen molar-refractivity contribution >= 4 is 16.8 Å². The summed E-state index contributed by atoms with van der Waals surface area (Å²) in [5, 5.41) is 0.268. The number of hydrogen-bond acceptors (Lipinski definition) is 3. The molecule has 43 heavy (non-hydrogen) atoms. The van der Waals surface area contributed by atoms with E-state index in [1.54, 1.807) is 31.2 Å². The molecule has 5 rings (SSSR count). The smallest absolute Gasteiger partial charge is 0.416 e. The number of hydrogen-bond donors (Lipinski definition) is 0. The zero-order valence-corrected chi connectivity index (χ0v) is 23.2. The van der Waals surface area contributed by atoms with E-state index in [9.17, 15) is 40.3 Å². The van der Waals surface area contributed by atoms with Crippen LogP contribution in [0, 0.1) is 5.82 Å². The molecular formula is C31H25F7N2O3. The summed E-state index contributed by atoms with van der Waals surface area (Å²) in [5.74, 6) is -1.17. The molecule has 4 aromatic rings. The fraction of sp³-hybridized carbons (Fsp3) is 0.290. The van der Waals surface area contributed by atoms with Crippen molar-refractivity contribution in [2.75, 3.05) is 14.2 Å². The molecule has 1 atom stereocenters. The van der Waals surface area contributed by atoms with Crippen LogP contribution in [-0.2, 0) is 25.3 Å². The van der Waals surface area contributed by atoms with Crippen molar-refractivity contribution in [3.05, 3.63) is 98.6 Å². The van der Waals surface area contributed by atoms with Gasteiger partial charge in [0.2, 0.25) is 0 Å². The Kier molecular flexibility index (Phi) is 7.52. The average Bonchev–Trinajstić information content (AvgIpc) is 2.93. The van der Waals surface area contributed by atoms with E-state index in [1.165, 1.54) is 30.9 Å².